The number of urea groups is 1. The van der Waals surface area contributed by atoms with Gasteiger partial charge in [-0.05, 0) is 66.3 Å². The SMILES string of the molecule is CCc1c(C2CCOC3=C2C(C)CN(C(N)=O)C3)n(-c2ccc(F)cc2)c2cc3cn[nH]c3cc12. The highest BCUT2D eigenvalue weighted by atomic mass is 19.1. The van der Waals surface area contributed by atoms with Gasteiger partial charge in [0.1, 0.15) is 11.6 Å². The molecule has 0 saturated carbocycles. The van der Waals surface area contributed by atoms with Gasteiger partial charge in [0.05, 0.1) is 30.4 Å². The minimum absolute atomic E-state index is 0.111. The maximum absolute atomic E-state index is 13.9. The molecule has 2 aliphatic rings. The Balaban J connectivity index is 1.64. The Kier molecular flexibility index (Phi) is 5.05. The van der Waals surface area contributed by atoms with Gasteiger partial charge in [-0.1, -0.05) is 13.8 Å². The lowest BCUT2D eigenvalue weighted by Crippen LogP contribution is -2.45. The summed E-state index contributed by atoms with van der Waals surface area (Å²) in [5.41, 5.74) is 12.3. The Morgan fingerprint density at radius 2 is 2.09 bits per heavy atom. The largest absolute Gasteiger partial charge is 0.496 e. The zero-order valence-electron chi connectivity index (χ0n) is 19.8. The highest BCUT2D eigenvalue weighted by molar-refractivity contribution is 5.98. The van der Waals surface area contributed by atoms with Crippen LogP contribution in [-0.4, -0.2) is 45.4 Å². The van der Waals surface area contributed by atoms with Crippen molar-refractivity contribution in [1.82, 2.24) is 19.7 Å². The van der Waals surface area contributed by atoms with Crippen LogP contribution in [0, 0.1) is 11.7 Å². The van der Waals surface area contributed by atoms with E-state index in [9.17, 15) is 9.18 Å². The summed E-state index contributed by atoms with van der Waals surface area (Å²) in [6.07, 6.45) is 3.52. The summed E-state index contributed by atoms with van der Waals surface area (Å²) in [6.45, 7) is 5.86. The normalized spacial score (nSPS) is 20.4. The number of fused-ring (bicyclic) bond motifs is 2. The second-order valence-corrected chi connectivity index (χ2v) is 9.54. The molecule has 0 spiro atoms. The van der Waals surface area contributed by atoms with Gasteiger partial charge in [0, 0.05) is 34.6 Å². The fraction of sp³-hybridized carbons (Fsp3) is 0.333. The molecule has 4 aromatic rings. The van der Waals surface area contributed by atoms with Gasteiger partial charge in [0.25, 0.3) is 0 Å². The van der Waals surface area contributed by atoms with Crippen LogP contribution in [0.25, 0.3) is 27.5 Å². The highest BCUT2D eigenvalue weighted by Gasteiger charge is 2.38. The first-order valence-electron chi connectivity index (χ1n) is 12.1. The lowest BCUT2D eigenvalue weighted by molar-refractivity contribution is 0.120. The quantitative estimate of drug-likeness (QED) is 0.439. The molecule has 2 aliphatic heterocycles. The van der Waals surface area contributed by atoms with Crippen molar-refractivity contribution in [3.63, 3.8) is 0 Å². The van der Waals surface area contributed by atoms with E-state index in [1.54, 1.807) is 4.90 Å². The number of ether oxygens (including phenoxy) is 1. The molecule has 7 nitrogen and oxygen atoms in total. The molecule has 8 heteroatoms. The van der Waals surface area contributed by atoms with E-state index in [0.717, 1.165) is 40.7 Å². The Labute approximate surface area is 202 Å². The van der Waals surface area contributed by atoms with Crippen LogP contribution < -0.4 is 5.73 Å². The maximum Gasteiger partial charge on any atom is 0.315 e. The van der Waals surface area contributed by atoms with Crippen molar-refractivity contribution in [3.8, 4) is 5.69 Å². The van der Waals surface area contributed by atoms with Gasteiger partial charge in [0.15, 0.2) is 0 Å². The van der Waals surface area contributed by atoms with Crippen molar-refractivity contribution in [2.24, 2.45) is 11.7 Å². The first kappa shape index (κ1) is 21.7. The van der Waals surface area contributed by atoms with E-state index in [1.165, 1.54) is 34.3 Å². The van der Waals surface area contributed by atoms with E-state index in [0.29, 0.717) is 19.7 Å². The number of carbonyl (C=O) groups is 1. The molecule has 180 valence electrons. The van der Waals surface area contributed by atoms with Gasteiger partial charge < -0.3 is 19.9 Å². The molecule has 6 rings (SSSR count). The third-order valence-electron chi connectivity index (χ3n) is 7.49. The summed E-state index contributed by atoms with van der Waals surface area (Å²) in [5.74, 6) is 0.823. The number of hydrogen-bond acceptors (Lipinski definition) is 3. The fourth-order valence-electron chi connectivity index (χ4n) is 6.02. The number of nitrogens with zero attached hydrogens (tertiary/aromatic N) is 3. The zero-order chi connectivity index (χ0) is 24.3. The number of hydrogen-bond donors (Lipinski definition) is 2. The van der Waals surface area contributed by atoms with Gasteiger partial charge in [0.2, 0.25) is 0 Å². The Morgan fingerprint density at radius 3 is 2.83 bits per heavy atom. The van der Waals surface area contributed by atoms with E-state index < -0.39 is 6.03 Å². The number of carbonyl (C=O) groups excluding carboxylic acids is 1. The molecule has 0 radical (unpaired) electrons. The second-order valence-electron chi connectivity index (χ2n) is 9.54. The summed E-state index contributed by atoms with van der Waals surface area (Å²) in [4.78, 5) is 13.6. The predicted octanol–water partition coefficient (Wildman–Crippen LogP) is 5.00. The van der Waals surface area contributed by atoms with Gasteiger partial charge in [-0.2, -0.15) is 5.10 Å². The number of amides is 2. The molecular weight excluding hydrogens is 445 g/mol. The lowest BCUT2D eigenvalue weighted by Gasteiger charge is -2.40. The minimum atomic E-state index is -0.424. The molecule has 35 heavy (non-hydrogen) atoms. The van der Waals surface area contributed by atoms with E-state index in [1.807, 2.05) is 18.3 Å². The summed E-state index contributed by atoms with van der Waals surface area (Å²) in [5, 5.41) is 9.52. The summed E-state index contributed by atoms with van der Waals surface area (Å²) in [7, 11) is 0. The number of aryl methyl sites for hydroxylation is 1. The summed E-state index contributed by atoms with van der Waals surface area (Å²) >= 11 is 0. The fourth-order valence-corrected chi connectivity index (χ4v) is 6.02. The number of nitrogens with two attached hydrogens (primary N) is 1. The van der Waals surface area contributed by atoms with Crippen molar-refractivity contribution in [2.45, 2.75) is 32.6 Å². The average molecular weight is 474 g/mol. The van der Waals surface area contributed by atoms with Crippen molar-refractivity contribution >= 4 is 27.8 Å². The molecule has 0 bridgehead atoms. The van der Waals surface area contributed by atoms with Crippen LogP contribution in [0.4, 0.5) is 9.18 Å². The van der Waals surface area contributed by atoms with Crippen LogP contribution in [0.15, 0.2) is 53.9 Å². The monoisotopic (exact) mass is 473 g/mol. The first-order valence-corrected chi connectivity index (χ1v) is 12.1. The van der Waals surface area contributed by atoms with Crippen LogP contribution in [0.5, 0.6) is 0 Å². The molecule has 3 N–H and O–H groups in total. The third-order valence-corrected chi connectivity index (χ3v) is 7.49. The molecule has 0 saturated heterocycles. The van der Waals surface area contributed by atoms with Crippen LogP contribution >= 0.6 is 0 Å². The topological polar surface area (TPSA) is 89.2 Å². The van der Waals surface area contributed by atoms with Crippen molar-refractivity contribution in [3.05, 3.63) is 71.0 Å². The van der Waals surface area contributed by atoms with E-state index in [-0.39, 0.29) is 17.7 Å². The summed E-state index contributed by atoms with van der Waals surface area (Å²) in [6, 6.07) is 10.6. The number of aromatic nitrogens is 3. The molecule has 2 amide bonds. The zero-order valence-corrected chi connectivity index (χ0v) is 19.8. The molecule has 0 aliphatic carbocycles. The highest BCUT2D eigenvalue weighted by Crippen LogP contribution is 2.46. The first-order chi connectivity index (χ1) is 17.0. The van der Waals surface area contributed by atoms with Crippen molar-refractivity contribution in [2.75, 3.05) is 19.7 Å². The predicted molar refractivity (Wildman–Crippen MR) is 133 cm³/mol. The number of aromatic amines is 1. The van der Waals surface area contributed by atoms with Gasteiger partial charge in [-0.15, -0.1) is 0 Å². The Hall–Kier alpha value is -3.81. The molecule has 0 fully saturated rings. The second kappa shape index (κ2) is 8.15. The summed E-state index contributed by atoms with van der Waals surface area (Å²) < 4.78 is 22.3. The van der Waals surface area contributed by atoms with E-state index in [4.69, 9.17) is 10.5 Å². The Bertz CT molecular complexity index is 1480. The molecule has 2 unspecified atom stereocenters. The molecule has 2 aromatic carbocycles. The van der Waals surface area contributed by atoms with Crippen LogP contribution in [0.1, 0.15) is 37.4 Å². The molecular formula is C27H28FN5O2. The van der Waals surface area contributed by atoms with E-state index in [2.05, 4.69) is 40.7 Å². The van der Waals surface area contributed by atoms with Gasteiger partial charge in [-0.25, -0.2) is 9.18 Å². The van der Waals surface area contributed by atoms with Crippen molar-refractivity contribution < 1.29 is 13.9 Å². The smallest absolute Gasteiger partial charge is 0.315 e. The van der Waals surface area contributed by atoms with Crippen LogP contribution in [-0.2, 0) is 11.2 Å². The molecule has 2 atom stereocenters. The number of halogens is 1. The van der Waals surface area contributed by atoms with Gasteiger partial charge in [-0.3, -0.25) is 5.10 Å². The Morgan fingerprint density at radius 1 is 1.29 bits per heavy atom. The minimum Gasteiger partial charge on any atom is -0.496 e. The van der Waals surface area contributed by atoms with Crippen molar-refractivity contribution in [1.29, 1.82) is 0 Å². The number of nitrogens with one attached hydrogen (secondary N) is 1. The molecule has 4 heterocycles. The lowest BCUT2D eigenvalue weighted by atomic mass is 9.79. The number of benzene rings is 2. The number of H-pyrrole nitrogens is 1. The van der Waals surface area contributed by atoms with Crippen LogP contribution in [0.2, 0.25) is 0 Å². The van der Waals surface area contributed by atoms with E-state index >= 15 is 0 Å². The number of primary amides is 1. The maximum atomic E-state index is 13.9. The van der Waals surface area contributed by atoms with Crippen LogP contribution in [0.3, 0.4) is 0 Å². The third kappa shape index (κ3) is 3.38. The standard InChI is InChI=1S/C27H28FN5O2/c1-3-19-21-11-22-16(12-30-31-22)10-23(21)33(18-6-4-17(28)5-7-18)26(19)20-8-9-35-24-14-32(27(29)34)13-15(2)25(20)24/h4-7,10-12,15,20H,3,8-9,13-14H2,1-2H3,(H2,29,34)(H,30,31). The number of rotatable bonds is 3. The average Bonchev–Trinajstić information content (AvgIpc) is 3.44. The van der Waals surface area contributed by atoms with Gasteiger partial charge >= 0.3 is 6.03 Å². The molecule has 2 aromatic heterocycles.